The summed E-state index contributed by atoms with van der Waals surface area (Å²) in [5, 5.41) is 17.2. The first-order valence-electron chi connectivity index (χ1n) is 14.1. The van der Waals surface area contributed by atoms with Crippen molar-refractivity contribution in [1.82, 2.24) is 0 Å². The molecule has 0 bridgehead atoms. The van der Waals surface area contributed by atoms with Crippen molar-refractivity contribution >= 4 is 24.2 Å². The molecule has 44 heavy (non-hydrogen) atoms. The summed E-state index contributed by atoms with van der Waals surface area (Å²) in [6.45, 7) is 0. The lowest BCUT2D eigenvalue weighted by Crippen LogP contribution is -2.29. The molecular formula is C41H37BO2. The third kappa shape index (κ3) is 11.5. The van der Waals surface area contributed by atoms with Gasteiger partial charge in [0.2, 0.25) is 0 Å². The maximum absolute atomic E-state index is 8.58. The van der Waals surface area contributed by atoms with Crippen molar-refractivity contribution in [3.63, 3.8) is 0 Å². The van der Waals surface area contributed by atoms with E-state index in [-0.39, 0.29) is 7.43 Å². The van der Waals surface area contributed by atoms with Crippen LogP contribution in [0.3, 0.4) is 0 Å². The number of benzene rings is 6. The van der Waals surface area contributed by atoms with Crippen molar-refractivity contribution < 1.29 is 10.0 Å². The largest absolute Gasteiger partial charge is 0.488 e. The highest BCUT2D eigenvalue weighted by Crippen LogP contribution is 2.25. The van der Waals surface area contributed by atoms with E-state index < -0.39 is 7.12 Å². The summed E-state index contributed by atoms with van der Waals surface area (Å²) < 4.78 is 0. The Bertz CT molecular complexity index is 1610. The molecule has 0 aromatic heterocycles. The van der Waals surface area contributed by atoms with Crippen molar-refractivity contribution in [3.05, 3.63) is 210 Å². The summed E-state index contributed by atoms with van der Waals surface area (Å²) in [4.78, 5) is 0. The monoisotopic (exact) mass is 572 g/mol. The summed E-state index contributed by atoms with van der Waals surface area (Å²) >= 11 is 0. The van der Waals surface area contributed by atoms with Crippen LogP contribution in [0.1, 0.15) is 35.2 Å². The van der Waals surface area contributed by atoms with Crippen molar-refractivity contribution in [2.75, 3.05) is 0 Å². The molecule has 0 radical (unpaired) electrons. The van der Waals surface area contributed by atoms with Crippen LogP contribution in [0.4, 0.5) is 0 Å². The Labute approximate surface area is 262 Å². The minimum atomic E-state index is -1.34. The molecular weight excluding hydrogens is 535 g/mol. The maximum atomic E-state index is 8.58. The second-order valence-corrected chi connectivity index (χ2v) is 9.47. The Hall–Kier alpha value is -5.40. The van der Waals surface area contributed by atoms with Gasteiger partial charge in [0.05, 0.1) is 0 Å². The van der Waals surface area contributed by atoms with Crippen LogP contribution in [-0.2, 0) is 0 Å². The van der Waals surface area contributed by atoms with Gasteiger partial charge in [-0.1, -0.05) is 177 Å². The third-order valence-corrected chi connectivity index (χ3v) is 6.28. The first kappa shape index (κ1) is 33.1. The summed E-state index contributed by atoms with van der Waals surface area (Å²) in [5.74, 6) is 6.22. The van der Waals surface area contributed by atoms with Gasteiger partial charge in [-0.3, -0.25) is 0 Å². The first-order chi connectivity index (χ1) is 21.2. The fourth-order valence-corrected chi connectivity index (χ4v) is 4.10. The average Bonchev–Trinajstić information content (AvgIpc) is 3.09. The molecule has 0 spiro atoms. The van der Waals surface area contributed by atoms with Gasteiger partial charge < -0.3 is 10.0 Å². The van der Waals surface area contributed by atoms with Gasteiger partial charge >= 0.3 is 7.12 Å². The van der Waals surface area contributed by atoms with Crippen LogP contribution < -0.4 is 5.46 Å². The van der Waals surface area contributed by atoms with Gasteiger partial charge in [0.1, 0.15) is 0 Å². The van der Waals surface area contributed by atoms with Gasteiger partial charge in [-0.25, -0.2) is 0 Å². The summed E-state index contributed by atoms with van der Waals surface area (Å²) in [5.41, 5.74) is 7.57. The quantitative estimate of drug-likeness (QED) is 0.127. The summed E-state index contributed by atoms with van der Waals surface area (Å²) in [6, 6.07) is 60.1. The van der Waals surface area contributed by atoms with Crippen molar-refractivity contribution in [2.24, 2.45) is 0 Å². The molecule has 0 fully saturated rings. The van der Waals surface area contributed by atoms with Crippen LogP contribution in [0, 0.1) is 11.8 Å². The Balaban J connectivity index is 0.000000192. The zero-order valence-corrected chi connectivity index (χ0v) is 23.9. The van der Waals surface area contributed by atoms with Crippen LogP contribution in [0.2, 0.25) is 0 Å². The smallest absolute Gasteiger partial charge is 0.423 e. The van der Waals surface area contributed by atoms with E-state index in [0.717, 1.165) is 11.1 Å². The molecule has 6 rings (SSSR count). The second kappa shape index (κ2) is 18.9. The zero-order chi connectivity index (χ0) is 30.0. The van der Waals surface area contributed by atoms with Crippen LogP contribution in [-0.4, -0.2) is 17.2 Å². The zero-order valence-electron chi connectivity index (χ0n) is 23.9. The maximum Gasteiger partial charge on any atom is 0.488 e. The highest BCUT2D eigenvalue weighted by molar-refractivity contribution is 6.58. The number of rotatable bonds is 4. The van der Waals surface area contributed by atoms with Crippen molar-refractivity contribution in [2.45, 2.75) is 7.43 Å². The van der Waals surface area contributed by atoms with Crippen LogP contribution >= 0.6 is 0 Å². The molecule has 0 saturated carbocycles. The molecule has 216 valence electrons. The molecule has 0 unspecified atom stereocenters. The molecule has 3 heteroatoms. The Morgan fingerprint density at radius 2 is 0.750 bits per heavy atom. The highest BCUT2D eigenvalue weighted by Gasteiger charge is 2.07. The molecule has 0 aliphatic carbocycles. The van der Waals surface area contributed by atoms with E-state index in [1.807, 2.05) is 72.8 Å². The van der Waals surface area contributed by atoms with E-state index in [4.69, 9.17) is 10.0 Å². The van der Waals surface area contributed by atoms with E-state index in [2.05, 4.69) is 103 Å². The number of hydrogen-bond acceptors (Lipinski definition) is 2. The molecule has 2 N–H and O–H groups in total. The molecule has 0 atom stereocenters. The van der Waals surface area contributed by atoms with Crippen LogP contribution in [0.15, 0.2) is 182 Å². The SMILES string of the molecule is C.C(#Cc1ccccc1)c1ccccc1.C(=C(c1ccccc1)c1ccccc1)c1ccccc1.OB(O)c1ccccc1. The van der Waals surface area contributed by atoms with Gasteiger partial charge in [0.25, 0.3) is 0 Å². The average molecular weight is 573 g/mol. The second-order valence-electron chi connectivity index (χ2n) is 9.47. The van der Waals surface area contributed by atoms with Crippen LogP contribution in [0.25, 0.3) is 11.6 Å². The molecule has 6 aromatic rings. The van der Waals surface area contributed by atoms with Gasteiger partial charge in [-0.05, 0) is 58.1 Å². The van der Waals surface area contributed by atoms with Gasteiger partial charge in [0, 0.05) is 11.1 Å². The van der Waals surface area contributed by atoms with E-state index in [1.54, 1.807) is 24.3 Å². The van der Waals surface area contributed by atoms with E-state index in [0.29, 0.717) is 5.46 Å². The van der Waals surface area contributed by atoms with E-state index in [1.165, 1.54) is 22.3 Å². The fourth-order valence-electron chi connectivity index (χ4n) is 4.10. The Morgan fingerprint density at radius 3 is 1.09 bits per heavy atom. The van der Waals surface area contributed by atoms with Crippen molar-refractivity contribution in [1.29, 1.82) is 0 Å². The lowest BCUT2D eigenvalue weighted by molar-refractivity contribution is 0.426. The molecule has 0 heterocycles. The van der Waals surface area contributed by atoms with Gasteiger partial charge in [0.15, 0.2) is 0 Å². The normalized spacial score (nSPS) is 9.23. The van der Waals surface area contributed by atoms with Gasteiger partial charge in [-0.2, -0.15) is 0 Å². The fraction of sp³-hybridized carbons (Fsp3) is 0.0244. The van der Waals surface area contributed by atoms with E-state index >= 15 is 0 Å². The van der Waals surface area contributed by atoms with E-state index in [9.17, 15) is 0 Å². The predicted molar refractivity (Wildman–Crippen MR) is 188 cm³/mol. The Morgan fingerprint density at radius 1 is 0.432 bits per heavy atom. The summed E-state index contributed by atoms with van der Waals surface area (Å²) in [7, 11) is -1.34. The molecule has 6 aromatic carbocycles. The minimum Gasteiger partial charge on any atom is -0.423 e. The molecule has 0 saturated heterocycles. The summed E-state index contributed by atoms with van der Waals surface area (Å²) in [6.07, 6.45) is 2.24. The predicted octanol–water partition coefficient (Wildman–Crippen LogP) is 8.36. The molecule has 0 aliphatic heterocycles. The third-order valence-electron chi connectivity index (χ3n) is 6.28. The van der Waals surface area contributed by atoms with Crippen molar-refractivity contribution in [3.8, 4) is 11.8 Å². The lowest BCUT2D eigenvalue weighted by atomic mass is 9.81. The Kier molecular flexibility index (Phi) is 14.2. The lowest BCUT2D eigenvalue weighted by Gasteiger charge is -2.08. The molecule has 0 amide bonds. The van der Waals surface area contributed by atoms with Crippen LogP contribution in [0.5, 0.6) is 0 Å². The number of hydrogen-bond donors (Lipinski definition) is 2. The van der Waals surface area contributed by atoms with Gasteiger partial charge in [-0.15, -0.1) is 0 Å². The molecule has 0 aliphatic rings. The first-order valence-corrected chi connectivity index (χ1v) is 14.1. The molecule has 2 nitrogen and oxygen atoms in total. The highest BCUT2D eigenvalue weighted by atomic mass is 16.4. The standard InChI is InChI=1S/C20H16.C14H10.C6H7BO2.CH4/c1-4-10-17(11-5-1)16-20(18-12-6-2-7-13-18)19-14-8-3-9-15-19;1-3-7-13(8-4-1)11-12-14-9-5-2-6-10-14;8-7(9)6-4-2-1-3-5-6;/h1-16H;1-10H;1-5,8-9H;1H4. The topological polar surface area (TPSA) is 40.5 Å². The minimum absolute atomic E-state index is 0.